The second-order valence-electron chi connectivity index (χ2n) is 4.96. The van der Waals surface area contributed by atoms with Gasteiger partial charge in [-0.2, -0.15) is 9.78 Å². The first-order valence-corrected chi connectivity index (χ1v) is 5.67. The highest BCUT2D eigenvalue weighted by Gasteiger charge is 2.40. The molecule has 0 unspecified atom stereocenters. The van der Waals surface area contributed by atoms with E-state index in [0.717, 1.165) is 12.8 Å². The molecule has 0 radical (unpaired) electrons. The average molecular weight is 234 g/mol. The summed E-state index contributed by atoms with van der Waals surface area (Å²) in [5.41, 5.74) is 0. The van der Waals surface area contributed by atoms with E-state index in [1.807, 2.05) is 0 Å². The van der Waals surface area contributed by atoms with E-state index in [1.165, 1.54) is 7.11 Å². The zero-order chi connectivity index (χ0) is 12.2. The molecule has 1 saturated carbocycles. The van der Waals surface area contributed by atoms with Crippen LogP contribution in [0.5, 0.6) is 0 Å². The third-order valence-electron chi connectivity index (χ3n) is 3.09. The molecule has 0 aromatic heterocycles. The summed E-state index contributed by atoms with van der Waals surface area (Å²) in [5.74, 6) is -1.26. The SMILES string of the molecule is COC(C)(C)OOC1(OO)CCC(C)CC1. The predicted octanol–water partition coefficient (Wildman–Crippen LogP) is 2.71. The van der Waals surface area contributed by atoms with Gasteiger partial charge in [0.25, 0.3) is 0 Å². The van der Waals surface area contributed by atoms with Crippen LogP contribution >= 0.6 is 0 Å². The Balaban J connectivity index is 2.48. The van der Waals surface area contributed by atoms with E-state index in [4.69, 9.17) is 19.8 Å². The Hall–Kier alpha value is -0.200. The van der Waals surface area contributed by atoms with Gasteiger partial charge in [0.1, 0.15) is 0 Å². The molecule has 0 spiro atoms. The zero-order valence-corrected chi connectivity index (χ0v) is 10.5. The van der Waals surface area contributed by atoms with E-state index >= 15 is 0 Å². The Morgan fingerprint density at radius 1 is 1.25 bits per heavy atom. The predicted molar refractivity (Wildman–Crippen MR) is 57.3 cm³/mol. The number of hydrogen-bond donors (Lipinski definition) is 1. The van der Waals surface area contributed by atoms with Crippen LogP contribution in [0.3, 0.4) is 0 Å². The van der Waals surface area contributed by atoms with Crippen LogP contribution in [0, 0.1) is 5.92 Å². The summed E-state index contributed by atoms with van der Waals surface area (Å²) in [5, 5.41) is 8.95. The van der Waals surface area contributed by atoms with Crippen LogP contribution in [0.25, 0.3) is 0 Å². The minimum absolute atomic E-state index is 0.616. The molecule has 0 atom stereocenters. The van der Waals surface area contributed by atoms with Crippen molar-refractivity contribution < 1.29 is 24.7 Å². The molecule has 1 N–H and O–H groups in total. The van der Waals surface area contributed by atoms with Gasteiger partial charge in [-0.1, -0.05) is 6.92 Å². The van der Waals surface area contributed by atoms with E-state index in [0.29, 0.717) is 18.8 Å². The molecular weight excluding hydrogens is 212 g/mol. The Bertz CT molecular complexity index is 208. The van der Waals surface area contributed by atoms with Crippen LogP contribution in [0.4, 0.5) is 0 Å². The average Bonchev–Trinajstić information content (AvgIpc) is 2.29. The molecule has 5 heteroatoms. The molecule has 96 valence electrons. The van der Waals surface area contributed by atoms with Crippen molar-refractivity contribution in [3.05, 3.63) is 0 Å². The fourth-order valence-corrected chi connectivity index (χ4v) is 1.60. The van der Waals surface area contributed by atoms with E-state index in [2.05, 4.69) is 11.8 Å². The summed E-state index contributed by atoms with van der Waals surface area (Å²) < 4.78 is 5.05. The van der Waals surface area contributed by atoms with Gasteiger partial charge in [0, 0.05) is 20.0 Å². The molecular formula is C11H22O5. The first-order valence-electron chi connectivity index (χ1n) is 5.67. The lowest BCUT2D eigenvalue weighted by Crippen LogP contribution is -2.42. The normalized spacial score (nSPS) is 31.7. The molecule has 1 rings (SSSR count). The molecule has 1 aliphatic rings. The van der Waals surface area contributed by atoms with Crippen molar-refractivity contribution in [2.24, 2.45) is 5.92 Å². The van der Waals surface area contributed by atoms with Gasteiger partial charge in [0.05, 0.1) is 0 Å². The molecule has 16 heavy (non-hydrogen) atoms. The van der Waals surface area contributed by atoms with Crippen LogP contribution in [0.2, 0.25) is 0 Å². The van der Waals surface area contributed by atoms with Crippen LogP contribution in [0.15, 0.2) is 0 Å². The van der Waals surface area contributed by atoms with Gasteiger partial charge in [-0.15, -0.1) is 0 Å². The molecule has 0 amide bonds. The minimum atomic E-state index is -1.04. The first-order chi connectivity index (χ1) is 7.43. The molecule has 0 aromatic carbocycles. The molecule has 0 saturated heterocycles. The second-order valence-corrected chi connectivity index (χ2v) is 4.96. The minimum Gasteiger partial charge on any atom is -0.351 e. The fourth-order valence-electron chi connectivity index (χ4n) is 1.60. The van der Waals surface area contributed by atoms with Crippen molar-refractivity contribution in [3.63, 3.8) is 0 Å². The Labute approximate surface area is 96.5 Å². The topological polar surface area (TPSA) is 57.2 Å². The molecule has 1 fully saturated rings. The monoisotopic (exact) mass is 234 g/mol. The van der Waals surface area contributed by atoms with Gasteiger partial charge < -0.3 is 4.74 Å². The lowest BCUT2D eigenvalue weighted by molar-refractivity contribution is -0.544. The Morgan fingerprint density at radius 3 is 2.25 bits per heavy atom. The largest absolute Gasteiger partial charge is 0.351 e. The van der Waals surface area contributed by atoms with E-state index < -0.39 is 11.6 Å². The van der Waals surface area contributed by atoms with E-state index in [1.54, 1.807) is 13.8 Å². The maximum Gasteiger partial charge on any atom is 0.233 e. The molecule has 0 bridgehead atoms. The van der Waals surface area contributed by atoms with Crippen molar-refractivity contribution in [2.45, 2.75) is 58.0 Å². The summed E-state index contributed by atoms with van der Waals surface area (Å²) >= 11 is 0. The third kappa shape index (κ3) is 3.68. The van der Waals surface area contributed by atoms with Crippen molar-refractivity contribution in [1.82, 2.24) is 0 Å². The van der Waals surface area contributed by atoms with Crippen LogP contribution < -0.4 is 0 Å². The summed E-state index contributed by atoms with van der Waals surface area (Å²) in [6, 6.07) is 0. The van der Waals surface area contributed by atoms with Gasteiger partial charge in [-0.05, 0) is 32.6 Å². The number of hydrogen-bond acceptors (Lipinski definition) is 5. The fraction of sp³-hybridized carbons (Fsp3) is 1.00. The van der Waals surface area contributed by atoms with Crippen molar-refractivity contribution >= 4 is 0 Å². The Kier molecular flexibility index (Phi) is 4.70. The van der Waals surface area contributed by atoms with Gasteiger partial charge in [-0.25, -0.2) is 10.1 Å². The van der Waals surface area contributed by atoms with Crippen LogP contribution in [-0.2, 0) is 19.4 Å². The highest BCUT2D eigenvalue weighted by molar-refractivity contribution is 4.76. The molecule has 0 heterocycles. The van der Waals surface area contributed by atoms with Crippen LogP contribution in [-0.4, -0.2) is 23.9 Å². The van der Waals surface area contributed by atoms with Crippen molar-refractivity contribution in [3.8, 4) is 0 Å². The van der Waals surface area contributed by atoms with Crippen molar-refractivity contribution in [2.75, 3.05) is 7.11 Å². The number of rotatable bonds is 5. The Morgan fingerprint density at radius 2 is 1.81 bits per heavy atom. The summed E-state index contributed by atoms with van der Waals surface area (Å²) in [6.07, 6.45) is 3.11. The third-order valence-corrected chi connectivity index (χ3v) is 3.09. The lowest BCUT2D eigenvalue weighted by Gasteiger charge is -2.36. The number of methoxy groups -OCH3 is 1. The molecule has 0 aromatic rings. The lowest BCUT2D eigenvalue weighted by atomic mass is 9.86. The van der Waals surface area contributed by atoms with E-state index in [-0.39, 0.29) is 0 Å². The van der Waals surface area contributed by atoms with E-state index in [9.17, 15) is 0 Å². The standard InChI is InChI=1S/C11H22O5/c1-9-5-7-11(14-12,8-6-9)16-15-10(2,3)13-4/h9,12H,5-8H2,1-4H3. The van der Waals surface area contributed by atoms with Gasteiger partial charge in [0.15, 0.2) is 5.79 Å². The second kappa shape index (κ2) is 5.42. The van der Waals surface area contributed by atoms with Crippen molar-refractivity contribution in [1.29, 1.82) is 0 Å². The van der Waals surface area contributed by atoms with Gasteiger partial charge >= 0.3 is 0 Å². The molecule has 0 aliphatic heterocycles. The summed E-state index contributed by atoms with van der Waals surface area (Å²) in [6.45, 7) is 5.62. The first kappa shape index (κ1) is 13.9. The summed E-state index contributed by atoms with van der Waals surface area (Å²) in [4.78, 5) is 14.8. The summed E-state index contributed by atoms with van der Waals surface area (Å²) in [7, 11) is 1.53. The van der Waals surface area contributed by atoms with Crippen LogP contribution in [0.1, 0.15) is 46.5 Å². The highest BCUT2D eigenvalue weighted by atomic mass is 17.3. The molecule has 5 nitrogen and oxygen atoms in total. The maximum atomic E-state index is 8.95. The molecule has 1 aliphatic carbocycles. The smallest absolute Gasteiger partial charge is 0.233 e. The van der Waals surface area contributed by atoms with Gasteiger partial charge in [-0.3, -0.25) is 0 Å². The zero-order valence-electron chi connectivity index (χ0n) is 10.5. The van der Waals surface area contributed by atoms with Gasteiger partial charge in [0.2, 0.25) is 5.79 Å². The maximum absolute atomic E-state index is 8.95. The highest BCUT2D eigenvalue weighted by Crippen LogP contribution is 2.36. The number of ether oxygens (including phenoxy) is 1. The quantitative estimate of drug-likeness (QED) is 0.450.